The van der Waals surface area contributed by atoms with Crippen molar-refractivity contribution in [2.75, 3.05) is 13.1 Å². The second-order valence-electron chi connectivity index (χ2n) is 6.42. The van der Waals surface area contributed by atoms with Gasteiger partial charge in [-0.3, -0.25) is 14.2 Å². The number of aromatic nitrogens is 2. The third-order valence-corrected chi connectivity index (χ3v) is 5.58. The summed E-state index contributed by atoms with van der Waals surface area (Å²) in [6.07, 6.45) is 2.98. The Balaban J connectivity index is 1.66. The number of carbonyl (C=O) groups excluding carboxylic acids is 1. The first kappa shape index (κ1) is 16.0. The molecule has 1 aliphatic heterocycles. The Morgan fingerprint density at radius 3 is 2.68 bits per heavy atom. The molecule has 1 saturated heterocycles. The van der Waals surface area contributed by atoms with Gasteiger partial charge in [0.1, 0.15) is 4.83 Å². The summed E-state index contributed by atoms with van der Waals surface area (Å²) in [7, 11) is 0. The number of rotatable bonds is 4. The van der Waals surface area contributed by atoms with Crippen LogP contribution in [0.4, 0.5) is 0 Å². The van der Waals surface area contributed by atoms with Crippen molar-refractivity contribution < 1.29 is 4.79 Å². The van der Waals surface area contributed by atoms with E-state index in [2.05, 4.69) is 4.98 Å². The van der Waals surface area contributed by atoms with Crippen LogP contribution in [0.3, 0.4) is 0 Å². The summed E-state index contributed by atoms with van der Waals surface area (Å²) in [5.74, 6) is 0.113. The van der Waals surface area contributed by atoms with Gasteiger partial charge >= 0.3 is 0 Å². The summed E-state index contributed by atoms with van der Waals surface area (Å²) in [6, 6.07) is 8.14. The normalized spacial score (nSPS) is 13.9. The molecule has 6 heteroatoms. The highest BCUT2D eigenvalue weighted by atomic mass is 32.1. The first-order chi connectivity index (χ1) is 12.1. The van der Waals surface area contributed by atoms with Crippen molar-refractivity contribution >= 4 is 27.5 Å². The summed E-state index contributed by atoms with van der Waals surface area (Å²) in [5, 5.41) is 2.63. The Bertz CT molecular complexity index is 984. The maximum Gasteiger partial charge on any atom is 0.262 e. The fraction of sp³-hybridized carbons (Fsp3) is 0.316. The van der Waals surface area contributed by atoms with E-state index in [1.165, 1.54) is 16.9 Å². The van der Waals surface area contributed by atoms with Gasteiger partial charge in [0.15, 0.2) is 0 Å². The van der Waals surface area contributed by atoms with E-state index >= 15 is 0 Å². The van der Waals surface area contributed by atoms with Gasteiger partial charge in [0.05, 0.1) is 11.7 Å². The van der Waals surface area contributed by atoms with Crippen molar-refractivity contribution in [1.82, 2.24) is 14.5 Å². The molecule has 1 fully saturated rings. The molecule has 1 aliphatic rings. The molecule has 0 N–H and O–H groups in total. The van der Waals surface area contributed by atoms with E-state index in [1.807, 2.05) is 41.5 Å². The Morgan fingerprint density at radius 1 is 1.24 bits per heavy atom. The predicted molar refractivity (Wildman–Crippen MR) is 99.9 cm³/mol. The number of hydrogen-bond donors (Lipinski definition) is 0. The average Bonchev–Trinajstić information content (AvgIpc) is 2.98. The molecule has 1 aromatic carbocycles. The van der Waals surface area contributed by atoms with Gasteiger partial charge in [0, 0.05) is 37.0 Å². The third kappa shape index (κ3) is 2.98. The van der Waals surface area contributed by atoms with E-state index in [9.17, 15) is 9.59 Å². The predicted octanol–water partition coefficient (Wildman–Crippen LogP) is 3.06. The Labute approximate surface area is 149 Å². The van der Waals surface area contributed by atoms with Crippen molar-refractivity contribution in [2.24, 2.45) is 0 Å². The molecule has 3 heterocycles. The van der Waals surface area contributed by atoms with Crippen LogP contribution in [0, 0.1) is 6.92 Å². The first-order valence-corrected chi connectivity index (χ1v) is 9.33. The first-order valence-electron chi connectivity index (χ1n) is 8.45. The average molecular weight is 353 g/mol. The smallest absolute Gasteiger partial charge is 0.262 e. The number of thiophene rings is 1. The van der Waals surface area contributed by atoms with Gasteiger partial charge < -0.3 is 4.90 Å². The van der Waals surface area contributed by atoms with Crippen LogP contribution in [0.25, 0.3) is 21.3 Å². The summed E-state index contributed by atoms with van der Waals surface area (Å²) < 4.78 is 1.56. The molecule has 0 saturated carbocycles. The second kappa shape index (κ2) is 6.44. The zero-order valence-corrected chi connectivity index (χ0v) is 14.9. The summed E-state index contributed by atoms with van der Waals surface area (Å²) in [4.78, 5) is 32.0. The lowest BCUT2D eigenvalue weighted by atomic mass is 10.1. The van der Waals surface area contributed by atoms with Crippen molar-refractivity contribution in [1.29, 1.82) is 0 Å². The van der Waals surface area contributed by atoms with Crippen LogP contribution in [0.2, 0.25) is 0 Å². The van der Waals surface area contributed by atoms with Crippen molar-refractivity contribution in [3.05, 3.63) is 51.9 Å². The van der Waals surface area contributed by atoms with Gasteiger partial charge in [-0.05, 0) is 18.9 Å². The largest absolute Gasteiger partial charge is 0.343 e. The highest BCUT2D eigenvalue weighted by molar-refractivity contribution is 7.17. The summed E-state index contributed by atoms with van der Waals surface area (Å²) >= 11 is 1.48. The molecule has 0 bridgehead atoms. The van der Waals surface area contributed by atoms with Crippen molar-refractivity contribution in [3.8, 4) is 11.1 Å². The molecule has 128 valence electrons. The molecule has 25 heavy (non-hydrogen) atoms. The second-order valence-corrected chi connectivity index (χ2v) is 7.28. The van der Waals surface area contributed by atoms with Crippen LogP contribution < -0.4 is 5.56 Å². The van der Waals surface area contributed by atoms with Crippen molar-refractivity contribution in [3.63, 3.8) is 0 Å². The molecule has 5 nitrogen and oxygen atoms in total. The lowest BCUT2D eigenvalue weighted by Gasteiger charge is -2.30. The minimum absolute atomic E-state index is 0.0711. The molecule has 1 amide bonds. The van der Waals surface area contributed by atoms with Gasteiger partial charge in [-0.25, -0.2) is 4.98 Å². The lowest BCUT2D eigenvalue weighted by Crippen LogP contribution is -2.42. The van der Waals surface area contributed by atoms with Crippen LogP contribution in [0.15, 0.2) is 40.8 Å². The number of benzene rings is 1. The maximum absolute atomic E-state index is 12.9. The number of hydrogen-bond acceptors (Lipinski definition) is 4. The molecule has 3 aromatic rings. The molecule has 0 radical (unpaired) electrons. The number of fused-ring (bicyclic) bond motifs is 1. The van der Waals surface area contributed by atoms with Gasteiger partial charge in [-0.15, -0.1) is 11.3 Å². The van der Waals surface area contributed by atoms with Gasteiger partial charge in [-0.2, -0.15) is 0 Å². The van der Waals surface area contributed by atoms with Gasteiger partial charge in [0.25, 0.3) is 5.56 Å². The molecular weight excluding hydrogens is 334 g/mol. The van der Waals surface area contributed by atoms with Crippen LogP contribution in [-0.4, -0.2) is 33.4 Å². The zero-order valence-electron chi connectivity index (χ0n) is 14.1. The molecular formula is C19H19N3O2S. The van der Waals surface area contributed by atoms with E-state index < -0.39 is 0 Å². The Kier molecular flexibility index (Phi) is 4.13. The van der Waals surface area contributed by atoms with E-state index in [0.717, 1.165) is 35.5 Å². The number of aryl methyl sites for hydroxylation is 2. The fourth-order valence-electron chi connectivity index (χ4n) is 3.01. The summed E-state index contributed by atoms with van der Waals surface area (Å²) in [6.45, 7) is 4.10. The molecule has 4 rings (SSSR count). The SMILES string of the molecule is Cc1ccc(-c2csc3ncn(CCC(=O)N4CCC4)c(=O)c23)cc1. The highest BCUT2D eigenvalue weighted by Crippen LogP contribution is 2.30. The fourth-order valence-corrected chi connectivity index (χ4v) is 3.92. The van der Waals surface area contributed by atoms with E-state index in [0.29, 0.717) is 18.4 Å². The van der Waals surface area contributed by atoms with E-state index in [1.54, 1.807) is 10.9 Å². The number of likely N-dealkylation sites (tertiary alicyclic amines) is 1. The number of carbonyl (C=O) groups is 1. The summed E-state index contributed by atoms with van der Waals surface area (Å²) in [5.41, 5.74) is 3.05. The third-order valence-electron chi connectivity index (χ3n) is 4.70. The Hall–Kier alpha value is -2.47. The maximum atomic E-state index is 12.9. The van der Waals surface area contributed by atoms with E-state index in [4.69, 9.17) is 0 Å². The monoisotopic (exact) mass is 353 g/mol. The highest BCUT2D eigenvalue weighted by Gasteiger charge is 2.20. The molecule has 2 aromatic heterocycles. The van der Waals surface area contributed by atoms with Crippen LogP contribution >= 0.6 is 11.3 Å². The minimum atomic E-state index is -0.0711. The minimum Gasteiger partial charge on any atom is -0.343 e. The van der Waals surface area contributed by atoms with Crippen LogP contribution in [0.1, 0.15) is 18.4 Å². The quantitative estimate of drug-likeness (QED) is 0.724. The number of amides is 1. The zero-order chi connectivity index (χ0) is 17.4. The topological polar surface area (TPSA) is 55.2 Å². The molecule has 0 atom stereocenters. The van der Waals surface area contributed by atoms with Crippen molar-refractivity contribution in [2.45, 2.75) is 26.3 Å². The molecule has 0 unspecified atom stereocenters. The van der Waals surface area contributed by atoms with Crippen LogP contribution in [0.5, 0.6) is 0 Å². The van der Waals surface area contributed by atoms with Gasteiger partial charge in [0.2, 0.25) is 5.91 Å². The molecule has 0 spiro atoms. The van der Waals surface area contributed by atoms with Crippen LogP contribution in [-0.2, 0) is 11.3 Å². The Morgan fingerprint density at radius 2 is 2.00 bits per heavy atom. The molecule has 0 aliphatic carbocycles. The standard InChI is InChI=1S/C19H19N3O2S/c1-13-3-5-14(6-4-13)15-11-25-18-17(15)19(24)22(12-20-18)10-7-16(23)21-8-2-9-21/h3-6,11-12H,2,7-10H2,1H3. The number of nitrogens with zero attached hydrogens (tertiary/aromatic N) is 3. The van der Waals surface area contributed by atoms with Gasteiger partial charge in [-0.1, -0.05) is 29.8 Å². The lowest BCUT2D eigenvalue weighted by molar-refractivity contribution is -0.134. The van der Waals surface area contributed by atoms with E-state index in [-0.39, 0.29) is 11.5 Å².